The lowest BCUT2D eigenvalue weighted by molar-refractivity contribution is -0.116. The van der Waals surface area contributed by atoms with E-state index >= 15 is 0 Å². The van der Waals surface area contributed by atoms with Crippen LogP contribution in [0, 0.1) is 6.92 Å². The molecule has 0 aliphatic carbocycles. The SMILES string of the molecule is CCCCn1c(CCC(=O)Nc2nc3ccc(C)cc3s2)nc2cc(S(=O)(=O)N(C)C)ccc21. The molecule has 0 aliphatic rings. The largest absolute Gasteiger partial charge is 0.328 e. The highest BCUT2D eigenvalue weighted by Gasteiger charge is 2.20. The van der Waals surface area contributed by atoms with Gasteiger partial charge in [-0.05, 0) is 49.2 Å². The van der Waals surface area contributed by atoms with Crippen LogP contribution >= 0.6 is 11.3 Å². The highest BCUT2D eigenvalue weighted by Crippen LogP contribution is 2.27. The summed E-state index contributed by atoms with van der Waals surface area (Å²) in [7, 11) is -0.529. The van der Waals surface area contributed by atoms with Crippen molar-refractivity contribution in [2.45, 2.75) is 51.0 Å². The first kappa shape index (κ1) is 24.3. The molecule has 1 N–H and O–H groups in total. The number of carbonyl (C=O) groups excluding carboxylic acids is 1. The van der Waals surface area contributed by atoms with Gasteiger partial charge in [0, 0.05) is 33.5 Å². The second-order valence-electron chi connectivity index (χ2n) is 8.51. The summed E-state index contributed by atoms with van der Waals surface area (Å²) in [4.78, 5) is 22.1. The summed E-state index contributed by atoms with van der Waals surface area (Å²) < 4.78 is 29.4. The van der Waals surface area contributed by atoms with Crippen LogP contribution in [-0.4, -0.2) is 47.3 Å². The molecular formula is C24H29N5O3S2. The van der Waals surface area contributed by atoms with E-state index in [1.54, 1.807) is 18.2 Å². The Morgan fingerprint density at radius 2 is 1.91 bits per heavy atom. The number of aromatic nitrogens is 3. The van der Waals surface area contributed by atoms with Crippen molar-refractivity contribution in [3.05, 3.63) is 47.8 Å². The Kier molecular flexibility index (Phi) is 7.01. The predicted octanol–water partition coefficient (Wildman–Crippen LogP) is 4.58. The Morgan fingerprint density at radius 3 is 2.65 bits per heavy atom. The number of carbonyl (C=O) groups is 1. The van der Waals surface area contributed by atoms with Crippen molar-refractivity contribution in [3.63, 3.8) is 0 Å². The van der Waals surface area contributed by atoms with Crippen LogP contribution in [0.4, 0.5) is 5.13 Å². The maximum atomic E-state index is 12.7. The Bertz CT molecular complexity index is 1450. The van der Waals surface area contributed by atoms with Gasteiger partial charge >= 0.3 is 0 Å². The number of thiazole rings is 1. The fourth-order valence-corrected chi connectivity index (χ4v) is 5.68. The molecule has 4 aromatic rings. The molecule has 0 aliphatic heterocycles. The van der Waals surface area contributed by atoms with Crippen molar-refractivity contribution in [1.29, 1.82) is 0 Å². The molecule has 0 radical (unpaired) electrons. The predicted molar refractivity (Wildman–Crippen MR) is 137 cm³/mol. The lowest BCUT2D eigenvalue weighted by atomic mass is 10.2. The molecule has 10 heteroatoms. The van der Waals surface area contributed by atoms with Crippen LogP contribution in [-0.2, 0) is 27.8 Å². The second-order valence-corrected chi connectivity index (χ2v) is 11.7. The highest BCUT2D eigenvalue weighted by atomic mass is 32.2. The van der Waals surface area contributed by atoms with Gasteiger partial charge < -0.3 is 9.88 Å². The number of hydrogen-bond donors (Lipinski definition) is 1. The van der Waals surface area contributed by atoms with E-state index in [2.05, 4.69) is 27.9 Å². The third-order valence-electron chi connectivity index (χ3n) is 5.68. The average Bonchev–Trinajstić information content (AvgIpc) is 3.35. The number of fused-ring (bicyclic) bond motifs is 2. The molecule has 4 rings (SSSR count). The summed E-state index contributed by atoms with van der Waals surface area (Å²) in [6.07, 6.45) is 2.69. The van der Waals surface area contributed by atoms with Crippen LogP contribution in [0.2, 0.25) is 0 Å². The third kappa shape index (κ3) is 4.98. The molecule has 0 unspecified atom stereocenters. The smallest absolute Gasteiger partial charge is 0.242 e. The van der Waals surface area contributed by atoms with E-state index in [1.165, 1.54) is 29.7 Å². The molecule has 0 fully saturated rings. The molecule has 0 spiro atoms. The summed E-state index contributed by atoms with van der Waals surface area (Å²) in [6.45, 7) is 4.91. The van der Waals surface area contributed by atoms with Gasteiger partial charge in [0.25, 0.3) is 0 Å². The van der Waals surface area contributed by atoms with Crippen molar-refractivity contribution < 1.29 is 13.2 Å². The fraction of sp³-hybridized carbons (Fsp3) is 0.375. The van der Waals surface area contributed by atoms with Crippen molar-refractivity contribution in [2.75, 3.05) is 19.4 Å². The van der Waals surface area contributed by atoms with Gasteiger partial charge in [-0.1, -0.05) is 30.7 Å². The lowest BCUT2D eigenvalue weighted by Crippen LogP contribution is -2.22. The van der Waals surface area contributed by atoms with E-state index in [1.807, 2.05) is 19.1 Å². The summed E-state index contributed by atoms with van der Waals surface area (Å²) >= 11 is 1.46. The van der Waals surface area contributed by atoms with Crippen molar-refractivity contribution >= 4 is 53.6 Å². The zero-order valence-electron chi connectivity index (χ0n) is 19.8. The molecular weight excluding hydrogens is 470 g/mol. The number of amides is 1. The molecule has 0 saturated carbocycles. The quantitative estimate of drug-likeness (QED) is 0.364. The normalized spacial score (nSPS) is 12.1. The fourth-order valence-electron chi connectivity index (χ4n) is 3.78. The van der Waals surface area contributed by atoms with E-state index in [9.17, 15) is 13.2 Å². The summed E-state index contributed by atoms with van der Waals surface area (Å²) in [5.74, 6) is 0.652. The summed E-state index contributed by atoms with van der Waals surface area (Å²) in [6, 6.07) is 11.1. The third-order valence-corrected chi connectivity index (χ3v) is 8.42. The second kappa shape index (κ2) is 9.81. The minimum Gasteiger partial charge on any atom is -0.328 e. The monoisotopic (exact) mass is 499 g/mol. The van der Waals surface area contributed by atoms with E-state index < -0.39 is 10.0 Å². The van der Waals surface area contributed by atoms with Gasteiger partial charge in [-0.2, -0.15) is 0 Å². The Labute approximate surface area is 203 Å². The zero-order valence-corrected chi connectivity index (χ0v) is 21.5. The van der Waals surface area contributed by atoms with E-state index in [0.29, 0.717) is 17.1 Å². The van der Waals surface area contributed by atoms with Crippen LogP contribution in [0.1, 0.15) is 37.6 Å². The van der Waals surface area contributed by atoms with Gasteiger partial charge in [-0.25, -0.2) is 22.7 Å². The van der Waals surface area contributed by atoms with Crippen LogP contribution in [0.5, 0.6) is 0 Å². The molecule has 0 bridgehead atoms. The molecule has 2 aromatic heterocycles. The number of nitrogens with zero attached hydrogens (tertiary/aromatic N) is 4. The molecule has 180 valence electrons. The first-order chi connectivity index (χ1) is 16.2. The minimum atomic E-state index is -3.55. The molecule has 2 heterocycles. The first-order valence-corrected chi connectivity index (χ1v) is 13.5. The van der Waals surface area contributed by atoms with Gasteiger partial charge in [-0.15, -0.1) is 0 Å². The molecule has 2 aromatic carbocycles. The van der Waals surface area contributed by atoms with Crippen LogP contribution < -0.4 is 5.32 Å². The Hall–Kier alpha value is -2.82. The number of anilines is 1. The van der Waals surface area contributed by atoms with Crippen molar-refractivity contribution in [2.24, 2.45) is 0 Å². The van der Waals surface area contributed by atoms with Gasteiger partial charge in [0.15, 0.2) is 5.13 Å². The maximum absolute atomic E-state index is 12.7. The number of imidazole rings is 1. The number of sulfonamides is 1. The minimum absolute atomic E-state index is 0.124. The van der Waals surface area contributed by atoms with Crippen molar-refractivity contribution in [3.8, 4) is 0 Å². The standard InChI is InChI=1S/C24H29N5O3S2/c1-5-6-13-29-20-10-8-17(34(31,32)28(3)4)15-19(20)25-22(29)11-12-23(30)27-24-26-18-9-7-16(2)14-21(18)33-24/h7-10,14-15H,5-6,11-13H2,1-4H3,(H,26,27,30). The Balaban J connectivity index is 1.54. The van der Waals surface area contributed by atoms with Crippen molar-refractivity contribution in [1.82, 2.24) is 18.8 Å². The van der Waals surface area contributed by atoms with Gasteiger partial charge in [0.2, 0.25) is 15.9 Å². The topological polar surface area (TPSA) is 97.2 Å². The van der Waals surface area contributed by atoms with E-state index in [-0.39, 0.29) is 17.2 Å². The number of hydrogen-bond acceptors (Lipinski definition) is 6. The number of aryl methyl sites for hydroxylation is 3. The van der Waals surface area contributed by atoms with Crippen LogP contribution in [0.3, 0.4) is 0 Å². The summed E-state index contributed by atoms with van der Waals surface area (Å²) in [5.41, 5.74) is 3.52. The molecule has 1 amide bonds. The van der Waals surface area contributed by atoms with Gasteiger partial charge in [0.05, 0.1) is 26.1 Å². The highest BCUT2D eigenvalue weighted by molar-refractivity contribution is 7.89. The first-order valence-electron chi connectivity index (χ1n) is 11.3. The molecule has 34 heavy (non-hydrogen) atoms. The number of rotatable bonds is 9. The van der Waals surface area contributed by atoms with E-state index in [4.69, 9.17) is 4.98 Å². The lowest BCUT2D eigenvalue weighted by Gasteiger charge is -2.11. The van der Waals surface area contributed by atoms with Gasteiger partial charge in [-0.3, -0.25) is 4.79 Å². The Morgan fingerprint density at radius 1 is 1.12 bits per heavy atom. The summed E-state index contributed by atoms with van der Waals surface area (Å²) in [5, 5.41) is 3.49. The van der Waals surface area contributed by atoms with E-state index in [0.717, 1.165) is 46.5 Å². The number of benzene rings is 2. The maximum Gasteiger partial charge on any atom is 0.242 e. The molecule has 8 nitrogen and oxygen atoms in total. The number of unbranched alkanes of at least 4 members (excludes halogenated alkanes) is 1. The zero-order chi connectivity index (χ0) is 24.5. The average molecular weight is 500 g/mol. The molecule has 0 atom stereocenters. The molecule has 0 saturated heterocycles. The van der Waals surface area contributed by atoms with Crippen LogP contribution in [0.25, 0.3) is 21.3 Å². The van der Waals surface area contributed by atoms with Crippen LogP contribution in [0.15, 0.2) is 41.3 Å². The number of nitrogens with one attached hydrogen (secondary N) is 1. The van der Waals surface area contributed by atoms with Gasteiger partial charge in [0.1, 0.15) is 5.82 Å².